The summed E-state index contributed by atoms with van der Waals surface area (Å²) in [5.41, 5.74) is 0. The first kappa shape index (κ1) is 12.5. The Morgan fingerprint density at radius 1 is 1.30 bits per heavy atom. The molecule has 0 spiro atoms. The van der Waals surface area contributed by atoms with E-state index in [-0.39, 0.29) is 12.4 Å². The minimum absolute atomic E-state index is 0. The van der Waals surface area contributed by atoms with Gasteiger partial charge in [0.05, 0.1) is 0 Å². The summed E-state index contributed by atoms with van der Waals surface area (Å²) in [6.45, 7) is 7.57. The minimum atomic E-state index is 0. The zero-order valence-electron chi connectivity index (χ0n) is 6.76. The smallest absolute Gasteiger partial charge is 0.0214 e. The maximum absolute atomic E-state index is 5.11. The Kier molecular flexibility index (Phi) is 11.0. The van der Waals surface area contributed by atoms with Crippen molar-refractivity contribution < 1.29 is 0 Å². The summed E-state index contributed by atoms with van der Waals surface area (Å²) in [4.78, 5) is 2.32. The lowest BCUT2D eigenvalue weighted by Crippen LogP contribution is -2.23. The van der Waals surface area contributed by atoms with Gasteiger partial charge in [-0.1, -0.05) is 13.8 Å². The van der Waals surface area contributed by atoms with Crippen LogP contribution in [-0.2, 0) is 0 Å². The van der Waals surface area contributed by atoms with Gasteiger partial charge >= 0.3 is 0 Å². The molecule has 0 saturated carbocycles. The number of hydrogen-bond donors (Lipinski definition) is 0. The second kappa shape index (κ2) is 8.81. The Bertz CT molecular complexity index is 91.9. The van der Waals surface area contributed by atoms with Crippen LogP contribution in [0.15, 0.2) is 0 Å². The van der Waals surface area contributed by atoms with Crippen molar-refractivity contribution in [3.05, 3.63) is 0 Å². The van der Waals surface area contributed by atoms with E-state index in [4.69, 9.17) is 6.42 Å². The topological polar surface area (TPSA) is 3.24 Å². The van der Waals surface area contributed by atoms with Crippen LogP contribution in [0.3, 0.4) is 0 Å². The fourth-order valence-corrected chi connectivity index (χ4v) is 0.762. The van der Waals surface area contributed by atoms with Crippen LogP contribution in [0.4, 0.5) is 0 Å². The average Bonchev–Trinajstić information content (AvgIpc) is 1.91. The predicted octanol–water partition coefficient (Wildman–Crippen LogP) is 1.77. The molecular formula is C8H16ClN. The lowest BCUT2D eigenvalue weighted by molar-refractivity contribution is 0.312. The van der Waals surface area contributed by atoms with Crippen LogP contribution in [0.2, 0.25) is 0 Å². The van der Waals surface area contributed by atoms with E-state index in [0.717, 1.165) is 26.1 Å². The van der Waals surface area contributed by atoms with E-state index >= 15 is 0 Å². The summed E-state index contributed by atoms with van der Waals surface area (Å²) >= 11 is 0. The third kappa shape index (κ3) is 5.94. The average molecular weight is 162 g/mol. The Labute approximate surface area is 70.2 Å². The van der Waals surface area contributed by atoms with Crippen molar-refractivity contribution in [3.63, 3.8) is 0 Å². The zero-order chi connectivity index (χ0) is 7.11. The molecule has 0 atom stereocenters. The quantitative estimate of drug-likeness (QED) is 0.569. The first-order chi connectivity index (χ1) is 4.35. The largest absolute Gasteiger partial charge is 0.303 e. The van der Waals surface area contributed by atoms with Gasteiger partial charge in [-0.25, -0.2) is 0 Å². The molecule has 0 aromatic rings. The highest BCUT2D eigenvalue weighted by atomic mass is 35.5. The maximum atomic E-state index is 5.11. The Hall–Kier alpha value is -0.190. The number of hydrogen-bond acceptors (Lipinski definition) is 1. The summed E-state index contributed by atoms with van der Waals surface area (Å²) in [6, 6.07) is 0. The van der Waals surface area contributed by atoms with Crippen molar-refractivity contribution in [1.29, 1.82) is 0 Å². The second-order valence-corrected chi connectivity index (χ2v) is 1.98. The van der Waals surface area contributed by atoms with Crippen molar-refractivity contribution in [2.75, 3.05) is 19.6 Å². The Balaban J connectivity index is 0. The monoisotopic (exact) mass is 161 g/mol. The van der Waals surface area contributed by atoms with Crippen LogP contribution in [0.25, 0.3) is 0 Å². The van der Waals surface area contributed by atoms with E-state index in [1.165, 1.54) is 0 Å². The molecule has 60 valence electrons. The zero-order valence-corrected chi connectivity index (χ0v) is 7.58. The van der Waals surface area contributed by atoms with E-state index < -0.39 is 0 Å². The van der Waals surface area contributed by atoms with E-state index in [1.807, 2.05) is 0 Å². The minimum Gasteiger partial charge on any atom is -0.303 e. The Morgan fingerprint density at radius 2 is 1.80 bits per heavy atom. The molecule has 0 N–H and O–H groups in total. The molecule has 0 aliphatic heterocycles. The summed E-state index contributed by atoms with van der Waals surface area (Å²) in [7, 11) is 0. The molecular weight excluding hydrogens is 146 g/mol. The molecule has 0 aliphatic carbocycles. The molecule has 0 radical (unpaired) electrons. The predicted molar refractivity (Wildman–Crippen MR) is 48.5 cm³/mol. The lowest BCUT2D eigenvalue weighted by atomic mass is 10.4. The molecule has 2 heteroatoms. The first-order valence-electron chi connectivity index (χ1n) is 3.51. The molecule has 0 aliphatic rings. The third-order valence-corrected chi connectivity index (χ3v) is 1.47. The summed E-state index contributed by atoms with van der Waals surface area (Å²) in [6.07, 6.45) is 5.99. The lowest BCUT2D eigenvalue weighted by Gasteiger charge is -2.15. The van der Waals surface area contributed by atoms with Gasteiger partial charge in [0.1, 0.15) is 0 Å². The second-order valence-electron chi connectivity index (χ2n) is 1.98. The number of nitrogens with zero attached hydrogens (tertiary/aromatic N) is 1. The van der Waals surface area contributed by atoms with Crippen molar-refractivity contribution in [3.8, 4) is 12.3 Å². The van der Waals surface area contributed by atoms with Crippen LogP contribution in [0.1, 0.15) is 20.3 Å². The molecule has 0 aromatic carbocycles. The molecule has 1 nitrogen and oxygen atoms in total. The maximum Gasteiger partial charge on any atom is 0.0214 e. The van der Waals surface area contributed by atoms with Gasteiger partial charge in [-0.3, -0.25) is 0 Å². The van der Waals surface area contributed by atoms with Crippen molar-refractivity contribution in [2.45, 2.75) is 20.3 Å². The molecule has 0 saturated heterocycles. The summed E-state index contributed by atoms with van der Waals surface area (Å²) < 4.78 is 0. The van der Waals surface area contributed by atoms with E-state index in [2.05, 4.69) is 24.7 Å². The van der Waals surface area contributed by atoms with Crippen LogP contribution >= 0.6 is 12.4 Å². The van der Waals surface area contributed by atoms with Gasteiger partial charge in [0.2, 0.25) is 0 Å². The van der Waals surface area contributed by atoms with Crippen LogP contribution < -0.4 is 0 Å². The normalized spacial score (nSPS) is 8.60. The van der Waals surface area contributed by atoms with Crippen molar-refractivity contribution in [1.82, 2.24) is 4.90 Å². The van der Waals surface area contributed by atoms with Gasteiger partial charge in [-0.2, -0.15) is 0 Å². The SMILES string of the molecule is C#CCCN(CC)CC.Cl. The van der Waals surface area contributed by atoms with E-state index in [9.17, 15) is 0 Å². The van der Waals surface area contributed by atoms with Crippen LogP contribution in [0, 0.1) is 12.3 Å². The fourth-order valence-electron chi connectivity index (χ4n) is 0.762. The van der Waals surface area contributed by atoms with E-state index in [0.29, 0.717) is 0 Å². The molecule has 0 unspecified atom stereocenters. The van der Waals surface area contributed by atoms with Gasteiger partial charge in [-0.05, 0) is 13.1 Å². The summed E-state index contributed by atoms with van der Waals surface area (Å²) in [5, 5.41) is 0. The fraction of sp³-hybridized carbons (Fsp3) is 0.750. The molecule has 0 bridgehead atoms. The number of terminal acetylenes is 1. The highest BCUT2D eigenvalue weighted by Crippen LogP contribution is 1.87. The van der Waals surface area contributed by atoms with Gasteiger partial charge < -0.3 is 4.90 Å². The highest BCUT2D eigenvalue weighted by Gasteiger charge is 1.94. The van der Waals surface area contributed by atoms with Crippen LogP contribution in [0.5, 0.6) is 0 Å². The molecule has 0 fully saturated rings. The van der Waals surface area contributed by atoms with Gasteiger partial charge in [0, 0.05) is 13.0 Å². The highest BCUT2D eigenvalue weighted by molar-refractivity contribution is 5.85. The molecule has 0 aromatic heterocycles. The van der Waals surface area contributed by atoms with Gasteiger partial charge in [0.25, 0.3) is 0 Å². The molecule has 0 amide bonds. The standard InChI is InChI=1S/C8H15N.ClH/c1-4-7-8-9(5-2)6-3;/h1H,5-8H2,2-3H3;1H. The summed E-state index contributed by atoms with van der Waals surface area (Å²) in [5.74, 6) is 2.63. The van der Waals surface area contributed by atoms with Gasteiger partial charge in [-0.15, -0.1) is 24.8 Å². The van der Waals surface area contributed by atoms with Gasteiger partial charge in [0.15, 0.2) is 0 Å². The van der Waals surface area contributed by atoms with Crippen molar-refractivity contribution >= 4 is 12.4 Å². The van der Waals surface area contributed by atoms with Crippen molar-refractivity contribution in [2.24, 2.45) is 0 Å². The molecule has 10 heavy (non-hydrogen) atoms. The van der Waals surface area contributed by atoms with E-state index in [1.54, 1.807) is 0 Å². The number of halogens is 1. The van der Waals surface area contributed by atoms with Crippen LogP contribution in [-0.4, -0.2) is 24.5 Å². The number of rotatable bonds is 4. The first-order valence-corrected chi connectivity index (χ1v) is 3.51. The third-order valence-electron chi connectivity index (χ3n) is 1.47. The molecule has 0 rings (SSSR count). The molecule has 0 heterocycles. The Morgan fingerprint density at radius 3 is 2.10 bits per heavy atom.